The fourth-order valence-corrected chi connectivity index (χ4v) is 8.30. The number of phenols is 1. The van der Waals surface area contributed by atoms with Crippen LogP contribution in [0.4, 0.5) is 0 Å². The predicted octanol–water partition coefficient (Wildman–Crippen LogP) is 1.82. The van der Waals surface area contributed by atoms with E-state index in [1.807, 2.05) is 45.9 Å². The number of phenolic OH excluding ortho intramolecular Hbond substituents is 1. The Balaban J connectivity index is 1.52. The molecular formula is C49H70N8O11. The molecular weight excluding hydrogens is 877 g/mol. The average molecular weight is 947 g/mol. The Kier molecular flexibility index (Phi) is 20.4. The summed E-state index contributed by atoms with van der Waals surface area (Å²) in [7, 11) is 0. The maximum atomic E-state index is 14.6. The highest BCUT2D eigenvalue weighted by Gasteiger charge is 2.42. The standard InChI is InChI=1S/C49H70N8O11/c1-7-30(6)42(46(63)54-38(27-41(51)59)48(65)57-22-9-11-40(57)49(66)67)55-45(62)39-10-8-21-56(39)47(64)37(26-32-12-16-33(58)17-13-32)53-44(61)36(24-29(4)5)52-43(60)35(50)25-31-14-18-34(19-15-31)68-23-20-28(2)3/h12-20,29-30,35-40,42,58H,7-11,21-27,50H2,1-6H3,(H2,51,59)(H,52,60)(H,53,61)(H,54,63)(H,55,62)(H,66,67)/t30-,35-,36-,37-,38-,39-,40-,42-/m0/s1. The molecule has 10 N–H and O–H groups in total. The van der Waals surface area contributed by atoms with E-state index in [0.717, 1.165) is 16.0 Å². The summed E-state index contributed by atoms with van der Waals surface area (Å²) in [5, 5.41) is 30.6. The zero-order chi connectivity index (χ0) is 50.2. The number of primary amides is 1. The largest absolute Gasteiger partial charge is 0.508 e. The zero-order valence-corrected chi connectivity index (χ0v) is 40.0. The summed E-state index contributed by atoms with van der Waals surface area (Å²) >= 11 is 0. The number of carboxylic acid groups (broad SMARTS) is 1. The number of amides is 7. The lowest BCUT2D eigenvalue weighted by Crippen LogP contribution is -2.61. The molecule has 2 saturated heterocycles. The second kappa shape index (κ2) is 25.6. The number of carboxylic acids is 1. The van der Waals surface area contributed by atoms with Gasteiger partial charge < -0.3 is 57.5 Å². The van der Waals surface area contributed by atoms with Gasteiger partial charge in [-0.1, -0.05) is 64.0 Å². The fraction of sp³-hybridized carbons (Fsp3) is 0.551. The van der Waals surface area contributed by atoms with Crippen molar-refractivity contribution >= 4 is 47.3 Å². The van der Waals surface area contributed by atoms with Crippen LogP contribution >= 0.6 is 0 Å². The van der Waals surface area contributed by atoms with E-state index in [9.17, 15) is 48.6 Å². The minimum atomic E-state index is -1.49. The minimum absolute atomic E-state index is 0.0116. The maximum absolute atomic E-state index is 14.6. The second-order valence-corrected chi connectivity index (χ2v) is 18.5. The van der Waals surface area contributed by atoms with Crippen molar-refractivity contribution in [3.05, 3.63) is 71.3 Å². The number of hydrogen-bond acceptors (Lipinski definition) is 11. The first kappa shape index (κ1) is 54.1. The van der Waals surface area contributed by atoms with Crippen molar-refractivity contribution in [3.63, 3.8) is 0 Å². The van der Waals surface area contributed by atoms with Gasteiger partial charge in [-0.2, -0.15) is 0 Å². The van der Waals surface area contributed by atoms with Gasteiger partial charge in [-0.05, 0) is 106 Å². The van der Waals surface area contributed by atoms with Crippen molar-refractivity contribution in [1.29, 1.82) is 0 Å². The highest BCUT2D eigenvalue weighted by molar-refractivity contribution is 5.98. The number of nitrogens with one attached hydrogen (secondary N) is 4. The molecule has 0 unspecified atom stereocenters. The van der Waals surface area contributed by atoms with E-state index in [0.29, 0.717) is 37.2 Å². The molecule has 2 aromatic rings. The molecule has 0 aromatic heterocycles. The van der Waals surface area contributed by atoms with Crippen LogP contribution in [0.3, 0.4) is 0 Å². The first-order valence-electron chi connectivity index (χ1n) is 23.4. The highest BCUT2D eigenvalue weighted by Crippen LogP contribution is 2.23. The van der Waals surface area contributed by atoms with Crippen LogP contribution in [0.5, 0.6) is 11.5 Å². The Bertz CT molecular complexity index is 2130. The Morgan fingerprint density at radius 3 is 1.87 bits per heavy atom. The average Bonchev–Trinajstić information content (AvgIpc) is 3.99. The summed E-state index contributed by atoms with van der Waals surface area (Å²) in [5.41, 5.74) is 14.3. The quantitative estimate of drug-likeness (QED) is 0.0700. The van der Waals surface area contributed by atoms with Gasteiger partial charge in [-0.3, -0.25) is 33.6 Å². The van der Waals surface area contributed by atoms with Crippen LogP contribution in [0.1, 0.15) is 97.6 Å². The maximum Gasteiger partial charge on any atom is 0.326 e. The Hall–Kier alpha value is -6.50. The van der Waals surface area contributed by atoms with E-state index < -0.39 is 102 Å². The van der Waals surface area contributed by atoms with Crippen LogP contribution in [0, 0.1) is 11.8 Å². The van der Waals surface area contributed by atoms with Gasteiger partial charge in [0, 0.05) is 19.5 Å². The van der Waals surface area contributed by atoms with Gasteiger partial charge in [-0.25, -0.2) is 4.79 Å². The Morgan fingerprint density at radius 1 is 0.750 bits per heavy atom. The lowest BCUT2D eigenvalue weighted by atomic mass is 9.96. The molecule has 19 heteroatoms. The molecule has 0 bridgehead atoms. The molecule has 2 heterocycles. The van der Waals surface area contributed by atoms with Gasteiger partial charge in [0.1, 0.15) is 54.4 Å². The molecule has 0 radical (unpaired) electrons. The lowest BCUT2D eigenvalue weighted by molar-refractivity contribution is -0.150. The number of carbonyl (C=O) groups excluding carboxylic acids is 7. The number of hydrogen-bond donors (Lipinski definition) is 8. The smallest absolute Gasteiger partial charge is 0.326 e. The van der Waals surface area contributed by atoms with Crippen LogP contribution in [0.15, 0.2) is 60.2 Å². The molecule has 0 spiro atoms. The third kappa shape index (κ3) is 15.8. The van der Waals surface area contributed by atoms with E-state index in [2.05, 4.69) is 21.3 Å². The molecule has 2 aliphatic heterocycles. The molecule has 0 aliphatic carbocycles. The number of aromatic hydroxyl groups is 1. The molecule has 19 nitrogen and oxygen atoms in total. The Labute approximate surface area is 398 Å². The minimum Gasteiger partial charge on any atom is -0.508 e. The van der Waals surface area contributed by atoms with Crippen LogP contribution in [-0.4, -0.2) is 129 Å². The summed E-state index contributed by atoms with van der Waals surface area (Å²) in [6.45, 7) is 11.9. The van der Waals surface area contributed by atoms with Crippen LogP contribution < -0.4 is 37.5 Å². The van der Waals surface area contributed by atoms with Crippen LogP contribution in [-0.2, 0) is 51.2 Å². The van der Waals surface area contributed by atoms with Crippen molar-refractivity contribution in [1.82, 2.24) is 31.1 Å². The number of nitrogens with two attached hydrogens (primary N) is 2. The lowest BCUT2D eigenvalue weighted by Gasteiger charge is -2.32. The number of likely N-dealkylation sites (tertiary alicyclic amines) is 2. The van der Waals surface area contributed by atoms with E-state index in [1.54, 1.807) is 38.1 Å². The highest BCUT2D eigenvalue weighted by atomic mass is 16.5. The number of allylic oxidation sites excluding steroid dienone is 1. The second-order valence-electron chi connectivity index (χ2n) is 18.5. The fourth-order valence-electron chi connectivity index (χ4n) is 8.30. The zero-order valence-electron chi connectivity index (χ0n) is 40.0. The number of carbonyl (C=O) groups is 8. The van der Waals surface area contributed by atoms with Crippen molar-refractivity contribution < 1.29 is 53.3 Å². The molecule has 8 atom stereocenters. The third-order valence-electron chi connectivity index (χ3n) is 12.3. The predicted molar refractivity (Wildman–Crippen MR) is 252 cm³/mol. The van der Waals surface area contributed by atoms with Gasteiger partial charge in [0.2, 0.25) is 41.4 Å². The summed E-state index contributed by atoms with van der Waals surface area (Å²) in [6, 6.07) is 4.99. The van der Waals surface area contributed by atoms with E-state index in [-0.39, 0.29) is 56.9 Å². The number of aliphatic carboxylic acids is 1. The van der Waals surface area contributed by atoms with Crippen molar-refractivity contribution in [3.8, 4) is 11.5 Å². The van der Waals surface area contributed by atoms with Gasteiger partial charge >= 0.3 is 5.97 Å². The van der Waals surface area contributed by atoms with Crippen LogP contribution in [0.25, 0.3) is 0 Å². The number of ether oxygens (including phenoxy) is 1. The molecule has 4 rings (SSSR count). The first-order valence-corrected chi connectivity index (χ1v) is 23.4. The van der Waals surface area contributed by atoms with E-state index in [4.69, 9.17) is 16.2 Å². The molecule has 68 heavy (non-hydrogen) atoms. The van der Waals surface area contributed by atoms with E-state index >= 15 is 0 Å². The third-order valence-corrected chi connectivity index (χ3v) is 12.3. The van der Waals surface area contributed by atoms with E-state index in [1.165, 1.54) is 17.0 Å². The summed E-state index contributed by atoms with van der Waals surface area (Å²) in [5.74, 6) is -6.13. The topological polar surface area (TPSA) is 293 Å². The Morgan fingerprint density at radius 2 is 1.29 bits per heavy atom. The normalized spacial score (nSPS) is 18.3. The molecule has 0 saturated carbocycles. The van der Waals surface area contributed by atoms with Gasteiger partial charge in [0.05, 0.1) is 12.5 Å². The molecule has 2 fully saturated rings. The molecule has 372 valence electrons. The number of rotatable bonds is 24. The van der Waals surface area contributed by atoms with Gasteiger partial charge in [-0.15, -0.1) is 0 Å². The van der Waals surface area contributed by atoms with Crippen molar-refractivity contribution in [2.45, 2.75) is 142 Å². The first-order chi connectivity index (χ1) is 32.2. The monoisotopic (exact) mass is 947 g/mol. The summed E-state index contributed by atoms with van der Waals surface area (Å²) in [6.07, 6.45) is 3.33. The number of benzene rings is 2. The van der Waals surface area contributed by atoms with Gasteiger partial charge in [0.15, 0.2) is 0 Å². The molecule has 7 amide bonds. The summed E-state index contributed by atoms with van der Waals surface area (Å²) < 4.78 is 5.73. The molecule has 2 aromatic carbocycles. The SMILES string of the molecule is CC[C@H](C)[C@H](NC(=O)[C@@H]1CCCN1C(=O)[C@H](Cc1ccc(O)cc1)NC(=O)[C@H](CC(C)C)NC(=O)[C@@H](N)Cc1ccc(OCC=C(C)C)cc1)C(=O)N[C@@H](CC(N)=O)C(=O)N1CCC[C@H]1C(=O)O. The van der Waals surface area contributed by atoms with Crippen molar-refractivity contribution in [2.75, 3.05) is 19.7 Å². The van der Waals surface area contributed by atoms with Crippen molar-refractivity contribution in [2.24, 2.45) is 23.3 Å². The van der Waals surface area contributed by atoms with Gasteiger partial charge in [0.25, 0.3) is 0 Å². The van der Waals surface area contributed by atoms with Crippen LogP contribution in [0.2, 0.25) is 0 Å². The molecule has 2 aliphatic rings. The number of nitrogens with zero attached hydrogens (tertiary/aromatic N) is 2. The summed E-state index contributed by atoms with van der Waals surface area (Å²) in [4.78, 5) is 110.